The van der Waals surface area contributed by atoms with E-state index in [-0.39, 0.29) is 6.42 Å². The maximum absolute atomic E-state index is 11.1. The zero-order valence-corrected chi connectivity index (χ0v) is 6.49. The molecule has 2 atom stereocenters. The van der Waals surface area contributed by atoms with Gasteiger partial charge in [0.15, 0.2) is 0 Å². The second kappa shape index (κ2) is 2.38. The minimum atomic E-state index is -1.01. The van der Waals surface area contributed by atoms with Gasteiger partial charge in [0, 0.05) is 6.42 Å². The van der Waals surface area contributed by atoms with Crippen LogP contribution in [-0.2, 0) is 19.2 Å². The summed E-state index contributed by atoms with van der Waals surface area (Å²) in [6.07, 6.45) is -0.0893. The van der Waals surface area contributed by atoms with Gasteiger partial charge in [0.2, 0.25) is 23.6 Å². The molecule has 0 spiro atoms. The number of hydrogen-bond donors (Lipinski definition) is 2. The van der Waals surface area contributed by atoms with Crippen LogP contribution < -0.4 is 10.6 Å². The summed E-state index contributed by atoms with van der Waals surface area (Å²) in [5, 5.41) is 4.03. The molecule has 0 radical (unpaired) electrons. The quantitative estimate of drug-likeness (QED) is 0.332. The Hall–Kier alpha value is -1.72. The van der Waals surface area contributed by atoms with Crippen LogP contribution in [-0.4, -0.2) is 23.6 Å². The molecule has 2 N–H and O–H groups in total. The minimum Gasteiger partial charge on any atom is -0.296 e. The molecule has 2 aliphatic rings. The third-order valence-corrected chi connectivity index (χ3v) is 2.22. The Labute approximate surface area is 72.7 Å². The predicted molar refractivity (Wildman–Crippen MR) is 37.9 cm³/mol. The van der Waals surface area contributed by atoms with Crippen LogP contribution in [0.3, 0.4) is 0 Å². The highest BCUT2D eigenvalue weighted by Crippen LogP contribution is 2.25. The van der Waals surface area contributed by atoms with Gasteiger partial charge in [-0.15, -0.1) is 0 Å². The molecule has 4 amide bonds. The molecule has 0 aromatic rings. The van der Waals surface area contributed by atoms with Crippen LogP contribution in [0.5, 0.6) is 0 Å². The Morgan fingerprint density at radius 1 is 0.923 bits per heavy atom. The van der Waals surface area contributed by atoms with Crippen molar-refractivity contribution in [3.63, 3.8) is 0 Å². The first-order valence-electron chi connectivity index (χ1n) is 3.78. The van der Waals surface area contributed by atoms with E-state index in [0.29, 0.717) is 0 Å². The molecule has 0 bridgehead atoms. The standard InChI is InChI=1S/C7H6N2O4/c10-3-1-2-4(6(12)8-3)7(13)9-5(2)11/h2,4H,1H2,(H,8,10,12)(H,9,11,13)/t2-,4+/m0/s1. The highest BCUT2D eigenvalue weighted by molar-refractivity contribution is 6.20. The minimum absolute atomic E-state index is 0.0893. The summed E-state index contributed by atoms with van der Waals surface area (Å²) in [7, 11) is 0. The summed E-state index contributed by atoms with van der Waals surface area (Å²) < 4.78 is 0. The predicted octanol–water partition coefficient (Wildman–Crippen LogP) is -2.08. The van der Waals surface area contributed by atoms with E-state index in [2.05, 4.69) is 0 Å². The number of carbonyl (C=O) groups excluding carboxylic acids is 4. The van der Waals surface area contributed by atoms with Gasteiger partial charge < -0.3 is 0 Å². The molecule has 13 heavy (non-hydrogen) atoms. The fourth-order valence-electron chi connectivity index (χ4n) is 1.60. The van der Waals surface area contributed by atoms with Crippen LogP contribution in [0.25, 0.3) is 0 Å². The maximum atomic E-state index is 11.1. The van der Waals surface area contributed by atoms with Gasteiger partial charge in [0.25, 0.3) is 0 Å². The fraction of sp³-hybridized carbons (Fsp3) is 0.429. The summed E-state index contributed by atoms with van der Waals surface area (Å²) in [6.45, 7) is 0. The zero-order chi connectivity index (χ0) is 9.59. The highest BCUT2D eigenvalue weighted by atomic mass is 16.2. The van der Waals surface area contributed by atoms with E-state index in [9.17, 15) is 19.2 Å². The van der Waals surface area contributed by atoms with Gasteiger partial charge in [-0.05, 0) is 0 Å². The molecule has 0 unspecified atom stereocenters. The molecular weight excluding hydrogens is 176 g/mol. The van der Waals surface area contributed by atoms with E-state index in [1.54, 1.807) is 0 Å². The molecule has 0 aliphatic carbocycles. The van der Waals surface area contributed by atoms with Crippen LogP contribution in [0.4, 0.5) is 0 Å². The van der Waals surface area contributed by atoms with Crippen molar-refractivity contribution in [2.45, 2.75) is 6.42 Å². The van der Waals surface area contributed by atoms with Crippen molar-refractivity contribution in [1.29, 1.82) is 0 Å². The van der Waals surface area contributed by atoms with E-state index in [1.165, 1.54) is 0 Å². The van der Waals surface area contributed by atoms with E-state index in [4.69, 9.17) is 0 Å². The average molecular weight is 182 g/mol. The molecule has 6 nitrogen and oxygen atoms in total. The van der Waals surface area contributed by atoms with Gasteiger partial charge in [-0.3, -0.25) is 29.8 Å². The van der Waals surface area contributed by atoms with Crippen molar-refractivity contribution in [3.8, 4) is 0 Å². The largest absolute Gasteiger partial charge is 0.296 e. The number of imide groups is 2. The summed E-state index contributed by atoms with van der Waals surface area (Å²) >= 11 is 0. The fourth-order valence-corrected chi connectivity index (χ4v) is 1.60. The number of hydrogen-bond acceptors (Lipinski definition) is 4. The van der Waals surface area contributed by atoms with Crippen LogP contribution in [0, 0.1) is 11.8 Å². The molecule has 2 heterocycles. The number of fused-ring (bicyclic) bond motifs is 1. The van der Waals surface area contributed by atoms with Crippen LogP contribution in [0.15, 0.2) is 0 Å². The molecular formula is C7H6N2O4. The first kappa shape index (κ1) is 7.90. The molecule has 0 aromatic heterocycles. The SMILES string of the molecule is O=C1C[C@@H]2C(=O)NC(=O)[C@H]2C(=O)N1. The molecule has 2 saturated heterocycles. The number of rotatable bonds is 0. The lowest BCUT2D eigenvalue weighted by atomic mass is 9.88. The van der Waals surface area contributed by atoms with E-state index < -0.39 is 35.5 Å². The molecule has 0 saturated carbocycles. The first-order chi connectivity index (χ1) is 6.09. The van der Waals surface area contributed by atoms with Crippen molar-refractivity contribution in [1.82, 2.24) is 10.6 Å². The summed E-state index contributed by atoms with van der Waals surface area (Å²) in [5.41, 5.74) is 0. The topological polar surface area (TPSA) is 92.3 Å². The second-order valence-electron chi connectivity index (χ2n) is 3.05. The monoisotopic (exact) mass is 182 g/mol. The molecule has 2 aliphatic heterocycles. The van der Waals surface area contributed by atoms with E-state index >= 15 is 0 Å². The Morgan fingerprint density at radius 2 is 1.54 bits per heavy atom. The number of nitrogens with one attached hydrogen (secondary N) is 2. The average Bonchev–Trinajstić information content (AvgIpc) is 2.27. The normalized spacial score (nSPS) is 32.6. The third kappa shape index (κ3) is 1.02. The molecule has 68 valence electrons. The highest BCUT2D eigenvalue weighted by Gasteiger charge is 2.50. The van der Waals surface area contributed by atoms with Gasteiger partial charge in [-0.1, -0.05) is 0 Å². The first-order valence-corrected chi connectivity index (χ1v) is 3.78. The van der Waals surface area contributed by atoms with Crippen LogP contribution >= 0.6 is 0 Å². The van der Waals surface area contributed by atoms with Crippen LogP contribution in [0.2, 0.25) is 0 Å². The van der Waals surface area contributed by atoms with Crippen molar-refractivity contribution in [2.75, 3.05) is 0 Å². The van der Waals surface area contributed by atoms with E-state index in [1.807, 2.05) is 10.6 Å². The smallest absolute Gasteiger partial charge is 0.239 e. The third-order valence-electron chi connectivity index (χ3n) is 2.22. The van der Waals surface area contributed by atoms with Crippen molar-refractivity contribution >= 4 is 23.6 Å². The number of piperidine rings is 1. The molecule has 2 rings (SSSR count). The second-order valence-corrected chi connectivity index (χ2v) is 3.05. The lowest BCUT2D eigenvalue weighted by Crippen LogP contribution is -2.47. The zero-order valence-electron chi connectivity index (χ0n) is 6.49. The Morgan fingerprint density at radius 3 is 2.23 bits per heavy atom. The van der Waals surface area contributed by atoms with Gasteiger partial charge in [0.1, 0.15) is 5.92 Å². The lowest BCUT2D eigenvalue weighted by molar-refractivity contribution is -0.143. The number of amides is 4. The molecule has 0 aromatic carbocycles. The van der Waals surface area contributed by atoms with Gasteiger partial charge >= 0.3 is 0 Å². The summed E-state index contributed by atoms with van der Waals surface area (Å²) in [4.78, 5) is 44.0. The van der Waals surface area contributed by atoms with E-state index in [0.717, 1.165) is 0 Å². The Balaban J connectivity index is 2.34. The summed E-state index contributed by atoms with van der Waals surface area (Å²) in [6, 6.07) is 0. The molecule has 6 heteroatoms. The summed E-state index contributed by atoms with van der Waals surface area (Å²) in [5.74, 6) is -4.13. The van der Waals surface area contributed by atoms with Gasteiger partial charge in [0.05, 0.1) is 5.92 Å². The van der Waals surface area contributed by atoms with Crippen molar-refractivity contribution < 1.29 is 19.2 Å². The molecule has 2 fully saturated rings. The maximum Gasteiger partial charge on any atom is 0.239 e. The lowest BCUT2D eigenvalue weighted by Gasteiger charge is -2.19. The van der Waals surface area contributed by atoms with Crippen molar-refractivity contribution in [2.24, 2.45) is 11.8 Å². The van der Waals surface area contributed by atoms with Crippen molar-refractivity contribution in [3.05, 3.63) is 0 Å². The van der Waals surface area contributed by atoms with Gasteiger partial charge in [-0.25, -0.2) is 0 Å². The number of carbonyl (C=O) groups is 4. The van der Waals surface area contributed by atoms with Gasteiger partial charge in [-0.2, -0.15) is 0 Å². The Bertz CT molecular complexity index is 335. The Kier molecular flexibility index (Phi) is 1.45. The van der Waals surface area contributed by atoms with Crippen LogP contribution in [0.1, 0.15) is 6.42 Å².